The van der Waals surface area contributed by atoms with Crippen molar-refractivity contribution in [2.45, 2.75) is 6.54 Å². The number of fused-ring (bicyclic) bond motifs is 1. The summed E-state index contributed by atoms with van der Waals surface area (Å²) in [4.78, 5) is 36.9. The molecule has 6 nitrogen and oxygen atoms in total. The number of carbonyl (C=O) groups excluding carboxylic acids is 3. The van der Waals surface area contributed by atoms with Gasteiger partial charge in [0.15, 0.2) is 0 Å². The van der Waals surface area contributed by atoms with Gasteiger partial charge in [0.05, 0.1) is 4.91 Å². The minimum atomic E-state index is -0.723. The summed E-state index contributed by atoms with van der Waals surface area (Å²) in [5.74, 6) is -1.22. The molecule has 8 heteroatoms. The standard InChI is InChI=1S/C21H16BrN3O3S/c22-15-7-5-13(6-8-15)10-24-11-14(16-3-1-2-4-17(16)24)9-18-20(27)25(12-19(23)26)21(28)29-18/h1-9,11H,10,12H2,(H2,23,26)/b18-9-. The predicted molar refractivity (Wildman–Crippen MR) is 117 cm³/mol. The zero-order valence-corrected chi connectivity index (χ0v) is 17.6. The van der Waals surface area contributed by atoms with Crippen LogP contribution >= 0.6 is 27.7 Å². The lowest BCUT2D eigenvalue weighted by molar-refractivity contribution is -0.127. The smallest absolute Gasteiger partial charge is 0.294 e. The Balaban J connectivity index is 1.70. The maximum absolute atomic E-state index is 12.5. The molecule has 1 saturated heterocycles. The molecule has 2 aromatic carbocycles. The van der Waals surface area contributed by atoms with Crippen molar-refractivity contribution in [3.8, 4) is 0 Å². The molecule has 1 aromatic heterocycles. The average Bonchev–Trinajstić information content (AvgIpc) is 3.16. The SMILES string of the molecule is NC(=O)CN1C(=O)S/C(=C\c2cn(Cc3ccc(Br)cc3)c3ccccc23)C1=O. The van der Waals surface area contributed by atoms with Crippen molar-refractivity contribution in [3.05, 3.63) is 75.2 Å². The van der Waals surface area contributed by atoms with Crippen molar-refractivity contribution >= 4 is 61.7 Å². The second kappa shape index (κ2) is 7.88. The molecule has 0 saturated carbocycles. The number of amides is 3. The first-order chi connectivity index (χ1) is 13.9. The van der Waals surface area contributed by atoms with Gasteiger partial charge in [-0.3, -0.25) is 19.3 Å². The van der Waals surface area contributed by atoms with E-state index in [0.717, 1.165) is 43.2 Å². The molecule has 2 N–H and O–H groups in total. The fraction of sp³-hybridized carbons (Fsp3) is 0.0952. The maximum atomic E-state index is 12.5. The van der Waals surface area contributed by atoms with Gasteiger partial charge in [0.2, 0.25) is 5.91 Å². The molecule has 0 atom stereocenters. The van der Waals surface area contributed by atoms with Crippen LogP contribution < -0.4 is 5.73 Å². The van der Waals surface area contributed by atoms with Gasteiger partial charge < -0.3 is 10.3 Å². The molecule has 0 radical (unpaired) electrons. The van der Waals surface area contributed by atoms with Crippen LogP contribution in [0.15, 0.2) is 64.1 Å². The molecule has 0 unspecified atom stereocenters. The van der Waals surface area contributed by atoms with E-state index in [2.05, 4.69) is 20.5 Å². The molecule has 1 aliphatic rings. The van der Waals surface area contributed by atoms with E-state index in [1.54, 1.807) is 6.08 Å². The summed E-state index contributed by atoms with van der Waals surface area (Å²) in [6.45, 7) is 0.262. The molecular formula is C21H16BrN3O3S. The van der Waals surface area contributed by atoms with Crippen LogP contribution in [0.25, 0.3) is 17.0 Å². The van der Waals surface area contributed by atoms with E-state index in [1.165, 1.54) is 0 Å². The summed E-state index contributed by atoms with van der Waals surface area (Å²) in [5.41, 5.74) is 8.14. The highest BCUT2D eigenvalue weighted by molar-refractivity contribution is 9.10. The largest absolute Gasteiger partial charge is 0.368 e. The van der Waals surface area contributed by atoms with Crippen molar-refractivity contribution in [1.29, 1.82) is 0 Å². The molecule has 1 aliphatic heterocycles. The van der Waals surface area contributed by atoms with Crippen molar-refractivity contribution in [3.63, 3.8) is 0 Å². The highest BCUT2D eigenvalue weighted by atomic mass is 79.9. The highest BCUT2D eigenvalue weighted by Crippen LogP contribution is 2.34. The van der Waals surface area contributed by atoms with Gasteiger partial charge in [0.1, 0.15) is 6.54 Å². The summed E-state index contributed by atoms with van der Waals surface area (Å²) >= 11 is 4.26. The van der Waals surface area contributed by atoms with Gasteiger partial charge in [0, 0.05) is 33.7 Å². The fourth-order valence-electron chi connectivity index (χ4n) is 3.24. The minimum absolute atomic E-state index is 0.280. The summed E-state index contributed by atoms with van der Waals surface area (Å²) in [6.07, 6.45) is 3.67. The summed E-state index contributed by atoms with van der Waals surface area (Å²) in [7, 11) is 0. The number of nitrogens with zero attached hydrogens (tertiary/aromatic N) is 2. The van der Waals surface area contributed by atoms with E-state index in [4.69, 9.17) is 5.73 Å². The Labute approximate surface area is 179 Å². The van der Waals surface area contributed by atoms with Gasteiger partial charge in [-0.2, -0.15) is 0 Å². The Morgan fingerprint density at radius 2 is 1.83 bits per heavy atom. The molecule has 29 heavy (non-hydrogen) atoms. The lowest BCUT2D eigenvalue weighted by atomic mass is 10.1. The van der Waals surface area contributed by atoms with Gasteiger partial charge in [-0.25, -0.2) is 0 Å². The van der Waals surface area contributed by atoms with Crippen LogP contribution in [0.1, 0.15) is 11.1 Å². The molecule has 1 fully saturated rings. The van der Waals surface area contributed by atoms with Crippen LogP contribution in [0.2, 0.25) is 0 Å². The first-order valence-corrected chi connectivity index (χ1v) is 10.4. The predicted octanol–water partition coefficient (Wildman–Crippen LogP) is 3.97. The molecule has 4 rings (SSSR count). The van der Waals surface area contributed by atoms with Crippen LogP contribution in [-0.4, -0.2) is 33.1 Å². The Hall–Kier alpha value is -2.84. The second-order valence-corrected chi connectivity index (χ2v) is 8.50. The number of benzene rings is 2. The normalized spacial score (nSPS) is 15.6. The van der Waals surface area contributed by atoms with Crippen LogP contribution in [-0.2, 0) is 16.1 Å². The third-order valence-electron chi connectivity index (χ3n) is 4.56. The molecule has 3 aromatic rings. The number of thioether (sulfide) groups is 1. The van der Waals surface area contributed by atoms with E-state index < -0.39 is 23.6 Å². The number of rotatable bonds is 5. The number of aromatic nitrogens is 1. The zero-order chi connectivity index (χ0) is 20.5. The lowest BCUT2D eigenvalue weighted by Crippen LogP contribution is -2.36. The van der Waals surface area contributed by atoms with Crippen molar-refractivity contribution in [1.82, 2.24) is 9.47 Å². The monoisotopic (exact) mass is 469 g/mol. The number of carbonyl (C=O) groups is 3. The van der Waals surface area contributed by atoms with Gasteiger partial charge in [-0.05, 0) is 41.6 Å². The Morgan fingerprint density at radius 3 is 2.55 bits per heavy atom. The maximum Gasteiger partial charge on any atom is 0.294 e. The van der Waals surface area contributed by atoms with Crippen LogP contribution in [0.3, 0.4) is 0 Å². The Morgan fingerprint density at radius 1 is 1.10 bits per heavy atom. The number of imide groups is 1. The number of primary amides is 1. The fourth-order valence-corrected chi connectivity index (χ4v) is 4.33. The number of nitrogens with two attached hydrogens (primary N) is 1. The molecular weight excluding hydrogens is 454 g/mol. The van der Waals surface area contributed by atoms with E-state index in [-0.39, 0.29) is 4.91 Å². The van der Waals surface area contributed by atoms with Crippen LogP contribution in [0.4, 0.5) is 4.79 Å². The van der Waals surface area contributed by atoms with Gasteiger partial charge in [-0.15, -0.1) is 0 Å². The number of halogens is 1. The van der Waals surface area contributed by atoms with Crippen LogP contribution in [0.5, 0.6) is 0 Å². The van der Waals surface area contributed by atoms with E-state index in [0.29, 0.717) is 6.54 Å². The molecule has 2 heterocycles. The zero-order valence-electron chi connectivity index (χ0n) is 15.2. The molecule has 146 valence electrons. The summed E-state index contributed by atoms with van der Waals surface area (Å²) < 4.78 is 3.13. The Bertz CT molecular complexity index is 1170. The topological polar surface area (TPSA) is 85.4 Å². The molecule has 3 amide bonds. The number of hydrogen-bond donors (Lipinski definition) is 1. The van der Waals surface area contributed by atoms with E-state index in [9.17, 15) is 14.4 Å². The third kappa shape index (κ3) is 3.99. The van der Waals surface area contributed by atoms with E-state index >= 15 is 0 Å². The average molecular weight is 470 g/mol. The Kier molecular flexibility index (Phi) is 5.29. The summed E-state index contributed by atoms with van der Waals surface area (Å²) in [5, 5.41) is 0.491. The first kappa shape index (κ1) is 19.5. The van der Waals surface area contributed by atoms with E-state index in [1.807, 2.05) is 54.7 Å². The van der Waals surface area contributed by atoms with Gasteiger partial charge >= 0.3 is 0 Å². The molecule has 0 aliphatic carbocycles. The highest BCUT2D eigenvalue weighted by Gasteiger charge is 2.36. The van der Waals surface area contributed by atoms with Gasteiger partial charge in [0.25, 0.3) is 11.1 Å². The molecule has 0 spiro atoms. The quantitative estimate of drug-likeness (QED) is 0.572. The second-order valence-electron chi connectivity index (χ2n) is 6.59. The summed E-state index contributed by atoms with van der Waals surface area (Å²) in [6, 6.07) is 16.0. The van der Waals surface area contributed by atoms with Gasteiger partial charge in [-0.1, -0.05) is 46.3 Å². The van der Waals surface area contributed by atoms with Crippen molar-refractivity contribution < 1.29 is 14.4 Å². The first-order valence-electron chi connectivity index (χ1n) is 8.78. The van der Waals surface area contributed by atoms with Crippen molar-refractivity contribution in [2.24, 2.45) is 5.73 Å². The third-order valence-corrected chi connectivity index (χ3v) is 6.00. The van der Waals surface area contributed by atoms with Crippen molar-refractivity contribution in [2.75, 3.05) is 6.54 Å². The lowest BCUT2D eigenvalue weighted by Gasteiger charge is -2.08. The number of hydrogen-bond acceptors (Lipinski definition) is 4. The minimum Gasteiger partial charge on any atom is -0.368 e. The number of para-hydroxylation sites is 1. The molecule has 0 bridgehead atoms. The van der Waals surface area contributed by atoms with Crippen LogP contribution in [0, 0.1) is 0 Å².